The second kappa shape index (κ2) is 7.02. The van der Waals surface area contributed by atoms with Crippen LogP contribution in [0.2, 0.25) is 5.02 Å². The first kappa shape index (κ1) is 18.0. The number of halogens is 1. The van der Waals surface area contributed by atoms with Crippen LogP contribution in [0.25, 0.3) is 0 Å². The highest BCUT2D eigenvalue weighted by atomic mass is 35.5. The second-order valence-corrected chi connectivity index (χ2v) is 7.19. The summed E-state index contributed by atoms with van der Waals surface area (Å²) < 4.78 is 28.0. The fourth-order valence-electron chi connectivity index (χ4n) is 1.83. The quantitative estimate of drug-likeness (QED) is 0.499. The Balaban J connectivity index is 2.45. The first-order chi connectivity index (χ1) is 11.2. The molecule has 0 unspecified atom stereocenters. The van der Waals surface area contributed by atoms with Crippen molar-refractivity contribution in [1.29, 1.82) is 0 Å². The summed E-state index contributed by atoms with van der Waals surface area (Å²) >= 11 is 5.96. The van der Waals surface area contributed by atoms with Crippen LogP contribution in [0.3, 0.4) is 0 Å². The van der Waals surface area contributed by atoms with Crippen molar-refractivity contribution in [2.75, 3.05) is 14.1 Å². The van der Waals surface area contributed by atoms with Gasteiger partial charge in [0.15, 0.2) is 5.78 Å². The van der Waals surface area contributed by atoms with Crippen molar-refractivity contribution < 1.29 is 18.3 Å². The molecule has 2 aromatic rings. The molecule has 0 atom stereocenters. The predicted octanol–water partition coefficient (Wildman–Crippen LogP) is 2.56. The van der Waals surface area contributed by atoms with E-state index in [0.29, 0.717) is 5.56 Å². The predicted molar refractivity (Wildman–Crippen MR) is 92.4 cm³/mol. The standard InChI is InChI=1S/C16H15ClN2O4S/c1-19(2)10-18-24(22,23)15-9-12(5-8-14(15)17)16(21)11-3-6-13(20)7-4-11/h3-10,20H,1-2H3. The van der Waals surface area contributed by atoms with E-state index < -0.39 is 10.0 Å². The third-order valence-electron chi connectivity index (χ3n) is 3.02. The Morgan fingerprint density at radius 3 is 2.29 bits per heavy atom. The van der Waals surface area contributed by atoms with Gasteiger partial charge >= 0.3 is 0 Å². The van der Waals surface area contributed by atoms with E-state index in [1.54, 1.807) is 14.1 Å². The molecular weight excluding hydrogens is 352 g/mol. The summed E-state index contributed by atoms with van der Waals surface area (Å²) in [6.07, 6.45) is 1.14. The first-order valence-electron chi connectivity index (χ1n) is 6.81. The number of rotatable bonds is 5. The number of nitrogens with zero attached hydrogens (tertiary/aromatic N) is 2. The second-order valence-electron chi connectivity index (χ2n) is 5.18. The van der Waals surface area contributed by atoms with Gasteiger partial charge in [-0.15, -0.1) is 4.40 Å². The zero-order chi connectivity index (χ0) is 17.9. The Bertz CT molecular complexity index is 891. The molecule has 24 heavy (non-hydrogen) atoms. The average molecular weight is 367 g/mol. The maximum Gasteiger partial charge on any atom is 0.285 e. The van der Waals surface area contributed by atoms with Crippen molar-refractivity contribution in [3.63, 3.8) is 0 Å². The number of phenols is 1. The van der Waals surface area contributed by atoms with Crippen LogP contribution in [0, 0.1) is 0 Å². The summed E-state index contributed by atoms with van der Waals surface area (Å²) in [5, 5.41) is 9.25. The molecule has 126 valence electrons. The normalized spacial score (nSPS) is 11.6. The fraction of sp³-hybridized carbons (Fsp3) is 0.125. The Hall–Kier alpha value is -2.38. The highest BCUT2D eigenvalue weighted by molar-refractivity contribution is 7.90. The number of carbonyl (C=O) groups is 1. The maximum absolute atomic E-state index is 12.4. The molecule has 1 N–H and O–H groups in total. The van der Waals surface area contributed by atoms with E-state index >= 15 is 0 Å². The van der Waals surface area contributed by atoms with E-state index in [1.807, 2.05) is 0 Å². The van der Waals surface area contributed by atoms with Crippen molar-refractivity contribution in [2.24, 2.45) is 4.40 Å². The minimum absolute atomic E-state index is 0.0202. The van der Waals surface area contributed by atoms with Gasteiger partial charge in [-0.25, -0.2) is 0 Å². The van der Waals surface area contributed by atoms with Gasteiger partial charge in [-0.1, -0.05) is 11.6 Å². The van der Waals surface area contributed by atoms with Gasteiger partial charge in [0.25, 0.3) is 10.0 Å². The number of aromatic hydroxyl groups is 1. The van der Waals surface area contributed by atoms with Gasteiger partial charge in [0.2, 0.25) is 0 Å². The lowest BCUT2D eigenvalue weighted by Gasteiger charge is -2.07. The molecule has 2 rings (SSSR count). The highest BCUT2D eigenvalue weighted by Gasteiger charge is 2.20. The summed E-state index contributed by atoms with van der Waals surface area (Å²) in [5.74, 6) is -0.358. The van der Waals surface area contributed by atoms with E-state index in [9.17, 15) is 18.3 Å². The lowest BCUT2D eigenvalue weighted by atomic mass is 10.0. The monoisotopic (exact) mass is 366 g/mol. The lowest BCUT2D eigenvalue weighted by Crippen LogP contribution is -2.11. The molecule has 0 aromatic heterocycles. The van der Waals surface area contributed by atoms with Crippen molar-refractivity contribution in [3.05, 3.63) is 58.6 Å². The molecule has 0 radical (unpaired) electrons. The molecule has 0 spiro atoms. The van der Waals surface area contributed by atoms with Crippen molar-refractivity contribution >= 4 is 33.7 Å². The van der Waals surface area contributed by atoms with Gasteiger partial charge in [-0.05, 0) is 42.5 Å². The molecule has 0 aliphatic heterocycles. The van der Waals surface area contributed by atoms with Crippen LogP contribution in [0.4, 0.5) is 0 Å². The first-order valence-corrected chi connectivity index (χ1v) is 8.62. The summed E-state index contributed by atoms with van der Waals surface area (Å²) in [6.45, 7) is 0. The number of hydrogen-bond acceptors (Lipinski definition) is 4. The largest absolute Gasteiger partial charge is 0.508 e. The zero-order valence-electron chi connectivity index (χ0n) is 13.0. The van der Waals surface area contributed by atoms with Crippen LogP contribution in [0.1, 0.15) is 15.9 Å². The van der Waals surface area contributed by atoms with Crippen molar-refractivity contribution in [3.8, 4) is 5.75 Å². The molecule has 0 bridgehead atoms. The lowest BCUT2D eigenvalue weighted by molar-refractivity contribution is 0.103. The summed E-state index contributed by atoms with van der Waals surface area (Å²) in [6, 6.07) is 9.62. The summed E-state index contributed by atoms with van der Waals surface area (Å²) in [7, 11) is -0.767. The van der Waals surface area contributed by atoms with Crippen LogP contribution in [0.5, 0.6) is 5.75 Å². The van der Waals surface area contributed by atoms with Gasteiger partial charge in [0.1, 0.15) is 17.0 Å². The van der Waals surface area contributed by atoms with Crippen molar-refractivity contribution in [2.45, 2.75) is 4.90 Å². The summed E-state index contributed by atoms with van der Waals surface area (Å²) in [4.78, 5) is 13.7. The van der Waals surface area contributed by atoms with Crippen molar-refractivity contribution in [1.82, 2.24) is 4.90 Å². The van der Waals surface area contributed by atoms with Gasteiger partial charge in [-0.3, -0.25) is 4.79 Å². The van der Waals surface area contributed by atoms with E-state index in [2.05, 4.69) is 4.40 Å². The zero-order valence-corrected chi connectivity index (χ0v) is 14.5. The number of carbonyl (C=O) groups excluding carboxylic acids is 1. The van der Waals surface area contributed by atoms with Gasteiger partial charge in [0, 0.05) is 25.2 Å². The number of benzene rings is 2. The number of hydrogen-bond donors (Lipinski definition) is 1. The average Bonchev–Trinajstić information content (AvgIpc) is 2.53. The van der Waals surface area contributed by atoms with Crippen LogP contribution in [0.15, 0.2) is 51.8 Å². The number of sulfonamides is 1. The molecule has 2 aromatic carbocycles. The number of ketones is 1. The molecular formula is C16H15ClN2O4S. The fourth-order valence-corrected chi connectivity index (χ4v) is 3.26. The minimum Gasteiger partial charge on any atom is -0.508 e. The topological polar surface area (TPSA) is 87.0 Å². The third kappa shape index (κ3) is 4.12. The Labute approximate surface area is 145 Å². The van der Waals surface area contributed by atoms with Crippen LogP contribution >= 0.6 is 11.6 Å². The van der Waals surface area contributed by atoms with Crippen LogP contribution in [-0.4, -0.2) is 44.6 Å². The third-order valence-corrected chi connectivity index (χ3v) is 4.72. The van der Waals surface area contributed by atoms with Crippen LogP contribution < -0.4 is 0 Å². The van der Waals surface area contributed by atoms with Gasteiger partial charge < -0.3 is 10.0 Å². The van der Waals surface area contributed by atoms with E-state index in [0.717, 1.165) is 6.34 Å². The molecule has 0 aliphatic carbocycles. The SMILES string of the molecule is CN(C)C=NS(=O)(=O)c1cc(C(=O)c2ccc(O)cc2)ccc1Cl. The summed E-state index contributed by atoms with van der Waals surface area (Å²) in [5.41, 5.74) is 0.471. The van der Waals surface area contributed by atoms with E-state index in [1.165, 1.54) is 47.4 Å². The minimum atomic E-state index is -4.03. The Morgan fingerprint density at radius 2 is 1.71 bits per heavy atom. The molecule has 0 heterocycles. The Kier molecular flexibility index (Phi) is 5.26. The van der Waals surface area contributed by atoms with Gasteiger partial charge in [-0.2, -0.15) is 8.42 Å². The molecule has 0 saturated carbocycles. The Morgan fingerprint density at radius 1 is 1.12 bits per heavy atom. The molecule has 6 nitrogen and oxygen atoms in total. The number of phenolic OH excluding ortho intramolecular Hbond substituents is 1. The van der Waals surface area contributed by atoms with Crippen LogP contribution in [-0.2, 0) is 10.0 Å². The molecule has 8 heteroatoms. The van der Waals surface area contributed by atoms with E-state index in [4.69, 9.17) is 11.6 Å². The maximum atomic E-state index is 12.4. The van der Waals surface area contributed by atoms with E-state index in [-0.39, 0.29) is 27.0 Å². The smallest absolute Gasteiger partial charge is 0.285 e. The molecule has 0 fully saturated rings. The van der Waals surface area contributed by atoms with Gasteiger partial charge in [0.05, 0.1) is 5.02 Å². The molecule has 0 aliphatic rings. The highest BCUT2D eigenvalue weighted by Crippen LogP contribution is 2.25. The molecule has 0 amide bonds. The molecule has 0 saturated heterocycles.